The lowest BCUT2D eigenvalue weighted by molar-refractivity contribution is -0.143. The van der Waals surface area contributed by atoms with E-state index < -0.39 is 23.4 Å². The van der Waals surface area contributed by atoms with Crippen LogP contribution in [-0.2, 0) is 39.3 Å². The zero-order valence-corrected chi connectivity index (χ0v) is 20.3. The van der Waals surface area contributed by atoms with Crippen LogP contribution >= 0.6 is 0 Å². The van der Waals surface area contributed by atoms with Crippen LogP contribution in [0.2, 0.25) is 0 Å². The lowest BCUT2D eigenvalue weighted by Crippen LogP contribution is -2.53. The highest BCUT2D eigenvalue weighted by Gasteiger charge is 2.70. The van der Waals surface area contributed by atoms with E-state index in [9.17, 15) is 24.6 Å². The van der Waals surface area contributed by atoms with Gasteiger partial charge in [0.15, 0.2) is 11.5 Å². The van der Waals surface area contributed by atoms with E-state index in [-0.39, 0.29) is 42.2 Å². The van der Waals surface area contributed by atoms with Crippen LogP contribution in [0.3, 0.4) is 0 Å². The first-order valence-corrected chi connectivity index (χ1v) is 12.5. The quantitative estimate of drug-likeness (QED) is 0.318. The van der Waals surface area contributed by atoms with Gasteiger partial charge in [-0.25, -0.2) is 0 Å². The van der Waals surface area contributed by atoms with Crippen molar-refractivity contribution in [2.75, 3.05) is 5.32 Å². The Labute approximate surface area is 213 Å². The third-order valence-corrected chi connectivity index (χ3v) is 7.96. The summed E-state index contributed by atoms with van der Waals surface area (Å²) in [6.07, 6.45) is 1.04. The van der Waals surface area contributed by atoms with Gasteiger partial charge >= 0.3 is 0 Å². The van der Waals surface area contributed by atoms with Crippen LogP contribution in [-0.4, -0.2) is 38.9 Å². The molecule has 2 saturated heterocycles. The van der Waals surface area contributed by atoms with E-state index >= 15 is 0 Å². The second-order valence-corrected chi connectivity index (χ2v) is 10.0. The van der Waals surface area contributed by atoms with Crippen LogP contribution in [0.5, 0.6) is 11.5 Å². The molecule has 3 aromatic carbocycles. The van der Waals surface area contributed by atoms with Crippen LogP contribution in [0.25, 0.3) is 0 Å². The molecule has 4 N–H and O–H groups in total. The van der Waals surface area contributed by atoms with E-state index in [0.717, 1.165) is 17.5 Å². The maximum Gasteiger partial charge on any atom is 0.250 e. The van der Waals surface area contributed by atoms with Gasteiger partial charge in [-0.1, -0.05) is 55.5 Å². The average Bonchev–Trinajstić information content (AvgIpc) is 3.47. The number of nitrogens with one attached hydrogen (secondary N) is 2. The topological polar surface area (TPSA) is 119 Å². The van der Waals surface area contributed by atoms with E-state index in [0.29, 0.717) is 16.8 Å². The fraction of sp³-hybridized carbons (Fsp3) is 0.276. The molecule has 188 valence electrons. The Morgan fingerprint density at radius 3 is 2.35 bits per heavy atom. The molecule has 0 saturated carbocycles. The number of hydrogen-bond acceptors (Lipinski definition) is 6. The Bertz CT molecular complexity index is 1440. The highest BCUT2D eigenvalue weighted by atomic mass is 16.3. The average molecular weight is 498 g/mol. The van der Waals surface area contributed by atoms with Crippen molar-refractivity contribution >= 4 is 23.4 Å². The molecule has 3 aromatic rings. The molecule has 37 heavy (non-hydrogen) atoms. The van der Waals surface area contributed by atoms with Crippen molar-refractivity contribution in [3.05, 3.63) is 89.0 Å². The smallest absolute Gasteiger partial charge is 0.250 e. The largest absolute Gasteiger partial charge is 0.504 e. The fourth-order valence-electron chi connectivity index (χ4n) is 6.18. The molecule has 0 aliphatic carbocycles. The van der Waals surface area contributed by atoms with Crippen LogP contribution in [0.15, 0.2) is 66.7 Å². The first-order chi connectivity index (χ1) is 17.8. The van der Waals surface area contributed by atoms with Crippen molar-refractivity contribution < 1.29 is 24.6 Å². The summed E-state index contributed by atoms with van der Waals surface area (Å²) in [5.74, 6) is -3.21. The predicted molar refractivity (Wildman–Crippen MR) is 136 cm³/mol. The summed E-state index contributed by atoms with van der Waals surface area (Å²) in [5.41, 5.74) is 2.47. The molecule has 3 heterocycles. The number of likely N-dealkylation sites (tertiary alicyclic amines) is 1. The summed E-state index contributed by atoms with van der Waals surface area (Å²) in [4.78, 5) is 42.8. The maximum atomic E-state index is 14.0. The lowest BCUT2D eigenvalue weighted by atomic mass is 9.76. The minimum atomic E-state index is -1.38. The Morgan fingerprint density at radius 2 is 1.62 bits per heavy atom. The van der Waals surface area contributed by atoms with Gasteiger partial charge in [-0.3, -0.25) is 24.6 Å². The van der Waals surface area contributed by atoms with Crippen molar-refractivity contribution in [3.63, 3.8) is 0 Å². The maximum absolute atomic E-state index is 14.0. The van der Waals surface area contributed by atoms with Crippen molar-refractivity contribution in [2.45, 2.75) is 37.9 Å². The fourth-order valence-corrected chi connectivity index (χ4v) is 6.18. The summed E-state index contributed by atoms with van der Waals surface area (Å²) in [5, 5.41) is 26.1. The number of benzene rings is 3. The molecule has 6 rings (SSSR count). The molecule has 3 aliphatic heterocycles. The highest BCUT2D eigenvalue weighted by Crippen LogP contribution is 2.53. The summed E-state index contributed by atoms with van der Waals surface area (Å²) in [6.45, 7) is 2.16. The second-order valence-electron chi connectivity index (χ2n) is 10.0. The number of nitrogens with zero attached hydrogens (tertiary/aromatic N) is 1. The molecule has 3 aliphatic rings. The number of imide groups is 1. The van der Waals surface area contributed by atoms with Crippen LogP contribution in [0.4, 0.5) is 5.69 Å². The van der Waals surface area contributed by atoms with Gasteiger partial charge in [0.25, 0.3) is 0 Å². The number of aryl methyl sites for hydroxylation is 1. The number of phenolic OH excluding ortho intramolecular Hbond substituents is 2. The van der Waals surface area contributed by atoms with Gasteiger partial charge in [0.05, 0.1) is 18.4 Å². The number of phenols is 2. The SMILES string of the molecule is CCc1ccc2c(c1)[C@@]1(N[C@H](Cc3ccc(O)c(O)c3)[C@H]3C(=O)N(Cc4ccccc4)C(=O)[C@H]31)C(=O)N2. The third kappa shape index (κ3) is 3.43. The van der Waals surface area contributed by atoms with E-state index in [4.69, 9.17) is 0 Å². The molecule has 0 bridgehead atoms. The number of fused-ring (bicyclic) bond motifs is 4. The van der Waals surface area contributed by atoms with E-state index in [1.807, 2.05) is 55.5 Å². The molecule has 8 heteroatoms. The molecular weight excluding hydrogens is 470 g/mol. The number of anilines is 1. The first-order valence-electron chi connectivity index (χ1n) is 12.5. The van der Waals surface area contributed by atoms with Crippen LogP contribution in [0.1, 0.15) is 29.2 Å². The molecule has 0 aromatic heterocycles. The van der Waals surface area contributed by atoms with Gasteiger partial charge in [-0.05, 0) is 47.7 Å². The molecular formula is C29H27N3O5. The standard InChI is InChI=1S/C29H27N3O5/c1-2-16-8-10-20-19(12-16)29(28(37)30-20)25-24(21(31-29)13-18-9-11-22(33)23(34)14-18)26(35)32(27(25)36)15-17-6-4-3-5-7-17/h3-12,14,21,24-25,31,33-34H,2,13,15H2,1H3,(H,30,37)/t21-,24-,25+,29+/m1/s1. The number of amides is 3. The van der Waals surface area contributed by atoms with Crippen molar-refractivity contribution in [2.24, 2.45) is 11.8 Å². The Morgan fingerprint density at radius 1 is 0.865 bits per heavy atom. The molecule has 4 atom stereocenters. The monoisotopic (exact) mass is 497 g/mol. The number of rotatable bonds is 5. The van der Waals surface area contributed by atoms with Crippen LogP contribution in [0, 0.1) is 11.8 Å². The zero-order valence-electron chi connectivity index (χ0n) is 20.3. The van der Waals surface area contributed by atoms with Crippen molar-refractivity contribution in [1.82, 2.24) is 10.2 Å². The van der Waals surface area contributed by atoms with E-state index in [1.165, 1.54) is 17.0 Å². The minimum Gasteiger partial charge on any atom is -0.504 e. The number of carbonyl (C=O) groups is 3. The Kier molecular flexibility index (Phi) is 5.31. The summed E-state index contributed by atoms with van der Waals surface area (Å²) in [6, 6.07) is 19.0. The molecule has 3 amide bonds. The minimum absolute atomic E-state index is 0.137. The van der Waals surface area contributed by atoms with Gasteiger partial charge in [-0.15, -0.1) is 0 Å². The molecule has 2 fully saturated rings. The zero-order chi connectivity index (χ0) is 25.9. The Hall–Kier alpha value is -4.17. The van der Waals surface area contributed by atoms with E-state index in [1.54, 1.807) is 6.07 Å². The molecule has 1 spiro atoms. The predicted octanol–water partition coefficient (Wildman–Crippen LogP) is 2.82. The molecule has 0 unspecified atom stereocenters. The summed E-state index contributed by atoms with van der Waals surface area (Å²) < 4.78 is 0. The van der Waals surface area contributed by atoms with Crippen molar-refractivity contribution in [1.29, 1.82) is 0 Å². The number of carbonyl (C=O) groups excluding carboxylic acids is 3. The van der Waals surface area contributed by atoms with Gasteiger partial charge in [-0.2, -0.15) is 0 Å². The van der Waals surface area contributed by atoms with Gasteiger partial charge in [0.2, 0.25) is 17.7 Å². The normalized spacial score (nSPS) is 26.0. The first kappa shape index (κ1) is 23.2. The lowest BCUT2D eigenvalue weighted by Gasteiger charge is -2.30. The third-order valence-electron chi connectivity index (χ3n) is 7.96. The second kappa shape index (κ2) is 8.45. The highest BCUT2D eigenvalue weighted by molar-refractivity contribution is 6.15. The van der Waals surface area contributed by atoms with Gasteiger partial charge in [0, 0.05) is 17.3 Å². The van der Waals surface area contributed by atoms with Gasteiger partial charge in [0.1, 0.15) is 5.54 Å². The molecule has 8 nitrogen and oxygen atoms in total. The van der Waals surface area contributed by atoms with E-state index in [2.05, 4.69) is 10.6 Å². The Balaban J connectivity index is 1.46. The number of hydrogen-bond donors (Lipinski definition) is 4. The summed E-state index contributed by atoms with van der Waals surface area (Å²) >= 11 is 0. The summed E-state index contributed by atoms with van der Waals surface area (Å²) in [7, 11) is 0. The van der Waals surface area contributed by atoms with Crippen LogP contribution < -0.4 is 10.6 Å². The van der Waals surface area contributed by atoms with Gasteiger partial charge < -0.3 is 15.5 Å². The molecule has 0 radical (unpaired) electrons. The number of aromatic hydroxyl groups is 2. The van der Waals surface area contributed by atoms with Crippen molar-refractivity contribution in [3.8, 4) is 11.5 Å².